The van der Waals surface area contributed by atoms with E-state index in [2.05, 4.69) is 15.6 Å². The molecule has 4 nitrogen and oxygen atoms in total. The molecule has 2 aromatic carbocycles. The molecule has 24 heavy (non-hydrogen) atoms. The standard InChI is InChI=1S/C16H11Cl2N3OS2/c1-8-5-6-9(11(18)7-8)14(22)20-15(23)21-16-19-13-10(17)3-2-4-12(13)24-16/h2-7H,1H3,(H2,19,20,21,22,23). The quantitative estimate of drug-likeness (QED) is 0.596. The van der Waals surface area contributed by atoms with Crippen LogP contribution in [-0.4, -0.2) is 16.0 Å². The highest BCUT2D eigenvalue weighted by atomic mass is 35.5. The molecule has 0 aliphatic heterocycles. The van der Waals surface area contributed by atoms with Crippen LogP contribution >= 0.6 is 46.8 Å². The summed E-state index contributed by atoms with van der Waals surface area (Å²) in [7, 11) is 0. The van der Waals surface area contributed by atoms with Crippen LogP contribution in [0.5, 0.6) is 0 Å². The number of hydrogen-bond donors (Lipinski definition) is 2. The van der Waals surface area contributed by atoms with Gasteiger partial charge in [-0.1, -0.05) is 46.7 Å². The van der Waals surface area contributed by atoms with Gasteiger partial charge in [-0.3, -0.25) is 10.1 Å². The van der Waals surface area contributed by atoms with Gasteiger partial charge in [0.15, 0.2) is 10.2 Å². The van der Waals surface area contributed by atoms with Gasteiger partial charge in [0.1, 0.15) is 5.52 Å². The van der Waals surface area contributed by atoms with Crippen molar-refractivity contribution in [1.82, 2.24) is 10.3 Å². The molecule has 0 unspecified atom stereocenters. The van der Waals surface area contributed by atoms with E-state index >= 15 is 0 Å². The molecule has 1 aromatic heterocycles. The molecule has 8 heteroatoms. The zero-order valence-electron chi connectivity index (χ0n) is 12.4. The summed E-state index contributed by atoms with van der Waals surface area (Å²) in [6, 6.07) is 10.7. The van der Waals surface area contributed by atoms with E-state index in [1.807, 2.05) is 25.1 Å². The van der Waals surface area contributed by atoms with E-state index in [0.29, 0.717) is 26.3 Å². The molecule has 0 saturated heterocycles. The summed E-state index contributed by atoms with van der Waals surface area (Å²) in [5.74, 6) is -0.378. The van der Waals surface area contributed by atoms with Gasteiger partial charge in [0.25, 0.3) is 5.91 Å². The predicted molar refractivity (Wildman–Crippen MR) is 105 cm³/mol. The fourth-order valence-electron chi connectivity index (χ4n) is 2.07. The summed E-state index contributed by atoms with van der Waals surface area (Å²) in [5.41, 5.74) is 2.03. The second kappa shape index (κ2) is 7.03. The van der Waals surface area contributed by atoms with Crippen molar-refractivity contribution in [2.24, 2.45) is 0 Å². The first-order valence-electron chi connectivity index (χ1n) is 6.87. The van der Waals surface area contributed by atoms with Crippen molar-refractivity contribution in [3.05, 3.63) is 57.6 Å². The number of carbonyl (C=O) groups is 1. The SMILES string of the molecule is Cc1ccc(C(=O)NC(=S)Nc2nc3c(Cl)cccc3s2)c(Cl)c1. The van der Waals surface area contributed by atoms with Gasteiger partial charge in [-0.15, -0.1) is 0 Å². The Morgan fingerprint density at radius 3 is 2.71 bits per heavy atom. The number of benzene rings is 2. The summed E-state index contributed by atoms with van der Waals surface area (Å²) < 4.78 is 0.931. The van der Waals surface area contributed by atoms with Gasteiger partial charge in [-0.05, 0) is 49.0 Å². The number of rotatable bonds is 2. The molecule has 1 heterocycles. The average molecular weight is 396 g/mol. The van der Waals surface area contributed by atoms with Gasteiger partial charge >= 0.3 is 0 Å². The van der Waals surface area contributed by atoms with Crippen molar-refractivity contribution < 1.29 is 4.79 Å². The highest BCUT2D eigenvalue weighted by Gasteiger charge is 2.13. The Kier molecular flexibility index (Phi) is 5.01. The number of carbonyl (C=O) groups excluding carboxylic acids is 1. The minimum Gasteiger partial charge on any atom is -0.308 e. The van der Waals surface area contributed by atoms with Gasteiger partial charge in [0, 0.05) is 0 Å². The molecule has 0 spiro atoms. The second-order valence-electron chi connectivity index (χ2n) is 5.00. The fourth-order valence-corrected chi connectivity index (χ4v) is 3.82. The lowest BCUT2D eigenvalue weighted by molar-refractivity contribution is 0.0978. The van der Waals surface area contributed by atoms with Gasteiger partial charge in [0.2, 0.25) is 0 Å². The molecule has 0 fully saturated rings. The zero-order chi connectivity index (χ0) is 17.3. The van der Waals surface area contributed by atoms with Crippen molar-refractivity contribution in [2.45, 2.75) is 6.92 Å². The maximum atomic E-state index is 12.2. The Morgan fingerprint density at radius 1 is 1.21 bits per heavy atom. The number of aromatic nitrogens is 1. The van der Waals surface area contributed by atoms with Gasteiger partial charge in [-0.25, -0.2) is 4.98 Å². The van der Waals surface area contributed by atoms with Crippen LogP contribution in [0.3, 0.4) is 0 Å². The average Bonchev–Trinajstić information content (AvgIpc) is 2.90. The maximum Gasteiger partial charge on any atom is 0.258 e. The van der Waals surface area contributed by atoms with Gasteiger partial charge in [-0.2, -0.15) is 0 Å². The topological polar surface area (TPSA) is 54.0 Å². The third-order valence-corrected chi connectivity index (χ3v) is 4.94. The molecule has 3 aromatic rings. The van der Waals surface area contributed by atoms with E-state index in [9.17, 15) is 4.79 Å². The first kappa shape index (κ1) is 17.1. The minimum atomic E-state index is -0.378. The van der Waals surface area contributed by atoms with Crippen LogP contribution in [0.1, 0.15) is 15.9 Å². The lowest BCUT2D eigenvalue weighted by atomic mass is 10.1. The molecule has 1 amide bonds. The van der Waals surface area contributed by atoms with Crippen molar-refractivity contribution in [2.75, 3.05) is 5.32 Å². The third kappa shape index (κ3) is 3.67. The lowest BCUT2D eigenvalue weighted by Gasteiger charge is -2.08. The fraction of sp³-hybridized carbons (Fsp3) is 0.0625. The number of nitrogens with zero attached hydrogens (tertiary/aromatic N) is 1. The Balaban J connectivity index is 1.72. The molecule has 0 radical (unpaired) electrons. The molecule has 3 rings (SSSR count). The molecule has 0 atom stereocenters. The summed E-state index contributed by atoms with van der Waals surface area (Å²) in [6.07, 6.45) is 0. The number of amides is 1. The number of nitrogens with one attached hydrogen (secondary N) is 2. The monoisotopic (exact) mass is 395 g/mol. The number of anilines is 1. The van der Waals surface area contributed by atoms with Crippen molar-refractivity contribution in [1.29, 1.82) is 0 Å². The van der Waals surface area contributed by atoms with Gasteiger partial charge < -0.3 is 5.32 Å². The molecule has 0 aliphatic rings. The maximum absolute atomic E-state index is 12.2. The van der Waals surface area contributed by atoms with E-state index in [-0.39, 0.29) is 11.0 Å². The number of hydrogen-bond acceptors (Lipinski definition) is 4. The third-order valence-electron chi connectivity index (χ3n) is 3.19. The minimum absolute atomic E-state index is 0.145. The van der Waals surface area contributed by atoms with E-state index in [4.69, 9.17) is 35.4 Å². The van der Waals surface area contributed by atoms with Crippen LogP contribution in [0.4, 0.5) is 5.13 Å². The van der Waals surface area contributed by atoms with E-state index < -0.39 is 0 Å². The number of halogens is 2. The van der Waals surface area contributed by atoms with Crippen molar-refractivity contribution in [3.8, 4) is 0 Å². The number of fused-ring (bicyclic) bond motifs is 1. The zero-order valence-corrected chi connectivity index (χ0v) is 15.5. The second-order valence-corrected chi connectivity index (χ2v) is 7.25. The molecule has 122 valence electrons. The first-order chi connectivity index (χ1) is 11.4. The van der Waals surface area contributed by atoms with Crippen LogP contribution in [0.2, 0.25) is 10.0 Å². The number of para-hydroxylation sites is 1. The largest absolute Gasteiger partial charge is 0.308 e. The lowest BCUT2D eigenvalue weighted by Crippen LogP contribution is -2.34. The van der Waals surface area contributed by atoms with E-state index in [1.54, 1.807) is 18.2 Å². The van der Waals surface area contributed by atoms with Crippen LogP contribution in [0.15, 0.2) is 36.4 Å². The van der Waals surface area contributed by atoms with Crippen LogP contribution in [0, 0.1) is 6.92 Å². The molecule has 0 bridgehead atoms. The van der Waals surface area contributed by atoms with Crippen LogP contribution in [-0.2, 0) is 0 Å². The van der Waals surface area contributed by atoms with E-state index in [1.165, 1.54) is 11.3 Å². The van der Waals surface area contributed by atoms with Crippen LogP contribution in [0.25, 0.3) is 10.2 Å². The Bertz CT molecular complexity index is 956. The van der Waals surface area contributed by atoms with E-state index in [0.717, 1.165) is 10.3 Å². The number of thiocarbonyl (C=S) groups is 1. The number of thiazole rings is 1. The molecular formula is C16H11Cl2N3OS2. The van der Waals surface area contributed by atoms with Crippen LogP contribution < -0.4 is 10.6 Å². The summed E-state index contributed by atoms with van der Waals surface area (Å²) >= 11 is 18.8. The molecule has 2 N–H and O–H groups in total. The smallest absolute Gasteiger partial charge is 0.258 e. The Labute approximate surface area is 157 Å². The Morgan fingerprint density at radius 2 is 2.00 bits per heavy atom. The molecular weight excluding hydrogens is 385 g/mol. The number of aryl methyl sites for hydroxylation is 1. The molecule has 0 aliphatic carbocycles. The van der Waals surface area contributed by atoms with Crippen molar-refractivity contribution in [3.63, 3.8) is 0 Å². The highest BCUT2D eigenvalue weighted by molar-refractivity contribution is 7.80. The summed E-state index contributed by atoms with van der Waals surface area (Å²) in [5, 5.41) is 7.13. The van der Waals surface area contributed by atoms with Crippen molar-refractivity contribution >= 4 is 73.1 Å². The normalized spacial score (nSPS) is 10.6. The first-order valence-corrected chi connectivity index (χ1v) is 8.85. The summed E-state index contributed by atoms with van der Waals surface area (Å²) in [4.78, 5) is 16.6. The Hall–Kier alpha value is -1.73. The molecule has 0 saturated carbocycles. The predicted octanol–water partition coefficient (Wildman–Crippen LogP) is 5.04. The summed E-state index contributed by atoms with van der Waals surface area (Å²) in [6.45, 7) is 1.90. The van der Waals surface area contributed by atoms with Gasteiger partial charge in [0.05, 0.1) is 20.3 Å². The highest BCUT2D eigenvalue weighted by Crippen LogP contribution is 2.30.